The summed E-state index contributed by atoms with van der Waals surface area (Å²) in [6.07, 6.45) is 1.53. The summed E-state index contributed by atoms with van der Waals surface area (Å²) in [5.74, 6) is 2.20. The van der Waals surface area contributed by atoms with Gasteiger partial charge in [0.2, 0.25) is 0 Å². The Kier molecular flexibility index (Phi) is 5.50. The smallest absolute Gasteiger partial charge is 0.289 e. The molecule has 2 aromatic heterocycles. The lowest BCUT2D eigenvalue weighted by molar-refractivity contribution is 0.0657. The summed E-state index contributed by atoms with van der Waals surface area (Å²) in [5.41, 5.74) is 2.17. The molecule has 1 N–H and O–H groups in total. The van der Waals surface area contributed by atoms with E-state index in [1.54, 1.807) is 19.2 Å². The van der Waals surface area contributed by atoms with Crippen molar-refractivity contribution < 1.29 is 9.21 Å². The van der Waals surface area contributed by atoms with Crippen LogP contribution in [0.2, 0.25) is 0 Å². The number of guanidine groups is 1. The minimum absolute atomic E-state index is 0.0555. The van der Waals surface area contributed by atoms with Crippen LogP contribution in [0.1, 0.15) is 16.4 Å². The number of imidazole rings is 1. The lowest BCUT2D eigenvalue weighted by Gasteiger charge is -2.36. The standard InChI is InChI=1S/C21H26N6O2/c1-16-24-17-6-3-4-7-18(17)27(16)10-9-23-21(22-2)26-13-11-25(12-14-26)20(28)19-8-5-15-29-19/h3-8,15H,9-14H2,1-2H3,(H,22,23). The molecular weight excluding hydrogens is 368 g/mol. The van der Waals surface area contributed by atoms with Crippen LogP contribution in [0.3, 0.4) is 0 Å². The number of carbonyl (C=O) groups excluding carboxylic acids is 1. The van der Waals surface area contributed by atoms with E-state index in [9.17, 15) is 4.79 Å². The molecular formula is C21H26N6O2. The maximum Gasteiger partial charge on any atom is 0.289 e. The number of rotatable bonds is 4. The van der Waals surface area contributed by atoms with Crippen LogP contribution in [-0.2, 0) is 6.54 Å². The highest BCUT2D eigenvalue weighted by molar-refractivity contribution is 5.91. The minimum atomic E-state index is -0.0555. The molecule has 1 aliphatic rings. The third kappa shape index (κ3) is 3.96. The summed E-state index contributed by atoms with van der Waals surface area (Å²) in [4.78, 5) is 25.5. The van der Waals surface area contributed by atoms with E-state index < -0.39 is 0 Å². The molecule has 0 saturated carbocycles. The monoisotopic (exact) mass is 394 g/mol. The molecule has 0 bridgehead atoms. The summed E-state index contributed by atoms with van der Waals surface area (Å²) < 4.78 is 7.44. The zero-order valence-corrected chi connectivity index (χ0v) is 16.8. The van der Waals surface area contributed by atoms with Crippen molar-refractivity contribution in [2.45, 2.75) is 13.5 Å². The predicted octanol–water partition coefficient (Wildman–Crippen LogP) is 1.97. The SMILES string of the molecule is CN=C(NCCn1c(C)nc2ccccc21)N1CCN(C(=O)c2ccco2)CC1. The van der Waals surface area contributed by atoms with Crippen molar-refractivity contribution in [3.8, 4) is 0 Å². The van der Waals surface area contributed by atoms with Crippen molar-refractivity contribution in [2.24, 2.45) is 4.99 Å². The fraction of sp³-hybridized carbons (Fsp3) is 0.381. The summed E-state index contributed by atoms with van der Waals surface area (Å²) in [6.45, 7) is 6.35. The van der Waals surface area contributed by atoms with Gasteiger partial charge in [-0.3, -0.25) is 9.79 Å². The molecule has 3 heterocycles. The van der Waals surface area contributed by atoms with Crippen molar-refractivity contribution in [2.75, 3.05) is 39.8 Å². The summed E-state index contributed by atoms with van der Waals surface area (Å²) in [6, 6.07) is 11.6. The van der Waals surface area contributed by atoms with Crippen LogP contribution in [-0.4, -0.2) is 71.0 Å². The first-order chi connectivity index (χ1) is 14.2. The number of nitrogens with zero attached hydrogens (tertiary/aromatic N) is 5. The Hall–Kier alpha value is -3.29. The van der Waals surface area contributed by atoms with Crippen LogP contribution >= 0.6 is 0 Å². The number of nitrogens with one attached hydrogen (secondary N) is 1. The Labute approximate surface area is 169 Å². The first-order valence-electron chi connectivity index (χ1n) is 9.87. The van der Waals surface area contributed by atoms with E-state index in [1.807, 2.05) is 30.0 Å². The van der Waals surface area contributed by atoms with Gasteiger partial charge in [-0.15, -0.1) is 0 Å². The van der Waals surface area contributed by atoms with Gasteiger partial charge in [0.05, 0.1) is 17.3 Å². The fourth-order valence-corrected chi connectivity index (χ4v) is 3.77. The highest BCUT2D eigenvalue weighted by Crippen LogP contribution is 2.15. The normalized spacial score (nSPS) is 15.2. The molecule has 8 heteroatoms. The second-order valence-corrected chi connectivity index (χ2v) is 7.03. The van der Waals surface area contributed by atoms with E-state index in [0.29, 0.717) is 18.8 Å². The van der Waals surface area contributed by atoms with Gasteiger partial charge in [0, 0.05) is 46.3 Å². The van der Waals surface area contributed by atoms with Crippen molar-refractivity contribution in [3.05, 3.63) is 54.2 Å². The van der Waals surface area contributed by atoms with Crippen LogP contribution in [0.5, 0.6) is 0 Å². The highest BCUT2D eigenvalue weighted by atomic mass is 16.3. The van der Waals surface area contributed by atoms with Gasteiger partial charge in [-0.05, 0) is 31.2 Å². The second-order valence-electron chi connectivity index (χ2n) is 7.03. The zero-order valence-electron chi connectivity index (χ0n) is 16.8. The maximum absolute atomic E-state index is 12.4. The number of aliphatic imine (C=N–C) groups is 1. The Morgan fingerprint density at radius 1 is 1.14 bits per heavy atom. The molecule has 4 rings (SSSR count). The topological polar surface area (TPSA) is 78.9 Å². The molecule has 3 aromatic rings. The molecule has 8 nitrogen and oxygen atoms in total. The van der Waals surface area contributed by atoms with Crippen LogP contribution in [0.15, 0.2) is 52.1 Å². The summed E-state index contributed by atoms with van der Waals surface area (Å²) >= 11 is 0. The van der Waals surface area contributed by atoms with Gasteiger partial charge in [-0.2, -0.15) is 0 Å². The van der Waals surface area contributed by atoms with Crippen LogP contribution in [0.25, 0.3) is 11.0 Å². The summed E-state index contributed by atoms with van der Waals surface area (Å²) in [7, 11) is 1.79. The number of aromatic nitrogens is 2. The van der Waals surface area contributed by atoms with E-state index in [1.165, 1.54) is 6.26 Å². The van der Waals surface area contributed by atoms with Gasteiger partial charge < -0.3 is 24.1 Å². The number of hydrogen-bond donors (Lipinski definition) is 1. The van der Waals surface area contributed by atoms with Crippen molar-refractivity contribution in [1.82, 2.24) is 24.7 Å². The summed E-state index contributed by atoms with van der Waals surface area (Å²) in [5, 5.41) is 3.45. The molecule has 29 heavy (non-hydrogen) atoms. The number of para-hydroxylation sites is 2. The fourth-order valence-electron chi connectivity index (χ4n) is 3.77. The largest absolute Gasteiger partial charge is 0.459 e. The number of furan rings is 1. The average Bonchev–Trinajstić information content (AvgIpc) is 3.39. The lowest BCUT2D eigenvalue weighted by atomic mass is 10.3. The number of benzene rings is 1. The Balaban J connectivity index is 1.31. The molecule has 1 fully saturated rings. The van der Waals surface area contributed by atoms with Gasteiger partial charge >= 0.3 is 0 Å². The first-order valence-corrected chi connectivity index (χ1v) is 9.87. The van der Waals surface area contributed by atoms with Gasteiger partial charge in [0.1, 0.15) is 5.82 Å². The third-order valence-corrected chi connectivity index (χ3v) is 5.27. The van der Waals surface area contributed by atoms with Crippen molar-refractivity contribution >= 4 is 22.9 Å². The molecule has 0 spiro atoms. The number of piperazine rings is 1. The molecule has 1 aromatic carbocycles. The molecule has 1 saturated heterocycles. The molecule has 1 amide bonds. The van der Waals surface area contributed by atoms with Crippen molar-refractivity contribution in [1.29, 1.82) is 0 Å². The number of aryl methyl sites for hydroxylation is 1. The maximum atomic E-state index is 12.4. The van der Waals surface area contributed by atoms with Gasteiger partial charge in [0.25, 0.3) is 5.91 Å². The van der Waals surface area contributed by atoms with E-state index >= 15 is 0 Å². The number of carbonyl (C=O) groups is 1. The Morgan fingerprint density at radius 3 is 2.62 bits per heavy atom. The third-order valence-electron chi connectivity index (χ3n) is 5.27. The van der Waals surface area contributed by atoms with Crippen LogP contribution in [0.4, 0.5) is 0 Å². The second kappa shape index (κ2) is 8.38. The molecule has 0 radical (unpaired) electrons. The van der Waals surface area contributed by atoms with E-state index in [-0.39, 0.29) is 5.91 Å². The minimum Gasteiger partial charge on any atom is -0.459 e. The average molecular weight is 394 g/mol. The van der Waals surface area contributed by atoms with E-state index in [2.05, 4.69) is 30.8 Å². The quantitative estimate of drug-likeness (QED) is 0.541. The van der Waals surface area contributed by atoms with Gasteiger partial charge in [-0.1, -0.05) is 12.1 Å². The van der Waals surface area contributed by atoms with Gasteiger partial charge in [-0.25, -0.2) is 4.98 Å². The van der Waals surface area contributed by atoms with E-state index in [4.69, 9.17) is 4.42 Å². The number of fused-ring (bicyclic) bond motifs is 1. The molecule has 0 aliphatic carbocycles. The number of amides is 1. The molecule has 0 unspecified atom stereocenters. The molecule has 1 aliphatic heterocycles. The predicted molar refractivity (Wildman–Crippen MR) is 112 cm³/mol. The number of hydrogen-bond acceptors (Lipinski definition) is 4. The van der Waals surface area contributed by atoms with E-state index in [0.717, 1.165) is 49.0 Å². The van der Waals surface area contributed by atoms with Crippen LogP contribution in [0, 0.1) is 6.92 Å². The lowest BCUT2D eigenvalue weighted by Crippen LogP contribution is -2.54. The van der Waals surface area contributed by atoms with Crippen molar-refractivity contribution in [3.63, 3.8) is 0 Å². The highest BCUT2D eigenvalue weighted by Gasteiger charge is 2.25. The molecule has 0 atom stereocenters. The Morgan fingerprint density at radius 2 is 1.90 bits per heavy atom. The zero-order chi connectivity index (χ0) is 20.2. The van der Waals surface area contributed by atoms with Crippen LogP contribution < -0.4 is 5.32 Å². The first kappa shape index (κ1) is 19.0. The van der Waals surface area contributed by atoms with Gasteiger partial charge in [0.15, 0.2) is 11.7 Å². The molecule has 152 valence electrons. The Bertz CT molecular complexity index is 1000.